The second-order valence-corrected chi connectivity index (χ2v) is 8.80. The van der Waals surface area contributed by atoms with Gasteiger partial charge in [-0.05, 0) is 67.4 Å². The molecule has 1 N–H and O–H groups in total. The highest BCUT2D eigenvalue weighted by atomic mass is 19.4. The predicted molar refractivity (Wildman–Crippen MR) is 124 cm³/mol. The lowest BCUT2D eigenvalue weighted by Crippen LogP contribution is -2.40. The topological polar surface area (TPSA) is 50.2 Å². The van der Waals surface area contributed by atoms with Crippen molar-refractivity contribution in [1.82, 2.24) is 19.8 Å². The number of nitrogens with one attached hydrogen (secondary N) is 1. The van der Waals surface area contributed by atoms with Crippen LogP contribution in [0.3, 0.4) is 0 Å². The number of carbonyl (C=O) groups excluding carboxylic acids is 1. The maximum Gasteiger partial charge on any atom is 0.393 e. The van der Waals surface area contributed by atoms with E-state index >= 15 is 0 Å². The lowest BCUT2D eigenvalue weighted by Gasteiger charge is -2.31. The fourth-order valence-corrected chi connectivity index (χ4v) is 4.33. The van der Waals surface area contributed by atoms with Crippen LogP contribution in [0, 0.1) is 5.92 Å². The quantitative estimate of drug-likeness (QED) is 0.526. The third kappa shape index (κ3) is 6.93. The molecule has 1 aromatic carbocycles. The molecule has 0 atom stereocenters. The van der Waals surface area contributed by atoms with Gasteiger partial charge in [0.25, 0.3) is 0 Å². The summed E-state index contributed by atoms with van der Waals surface area (Å²) in [6.07, 6.45) is 2.97. The van der Waals surface area contributed by atoms with Gasteiger partial charge >= 0.3 is 6.18 Å². The zero-order chi connectivity index (χ0) is 24.0. The Morgan fingerprint density at radius 2 is 1.79 bits per heavy atom. The summed E-state index contributed by atoms with van der Waals surface area (Å²) < 4.78 is 39.6. The number of pyridine rings is 1. The molecular formula is C26H29F3N4O. The third-order valence-corrected chi connectivity index (χ3v) is 6.16. The number of alkyl halides is 3. The molecule has 0 bridgehead atoms. The number of hydrogen-bond donors (Lipinski definition) is 1. The Morgan fingerprint density at radius 3 is 2.47 bits per heavy atom. The number of piperidine rings is 1. The first-order chi connectivity index (χ1) is 16.4. The first kappa shape index (κ1) is 24.0. The van der Waals surface area contributed by atoms with Crippen molar-refractivity contribution in [2.45, 2.75) is 38.4 Å². The Labute approximate surface area is 197 Å². The summed E-state index contributed by atoms with van der Waals surface area (Å²) in [6.45, 7) is 3.10. The van der Waals surface area contributed by atoms with Crippen LogP contribution in [0.1, 0.15) is 29.7 Å². The number of likely N-dealkylation sites (tertiary alicyclic amines) is 1. The molecule has 180 valence electrons. The van der Waals surface area contributed by atoms with Crippen LogP contribution in [-0.2, 0) is 24.2 Å². The van der Waals surface area contributed by atoms with Crippen molar-refractivity contribution >= 4 is 5.91 Å². The summed E-state index contributed by atoms with van der Waals surface area (Å²) in [4.78, 5) is 19.1. The van der Waals surface area contributed by atoms with Crippen LogP contribution in [0.2, 0.25) is 0 Å². The van der Waals surface area contributed by atoms with Crippen molar-refractivity contribution in [1.29, 1.82) is 0 Å². The van der Waals surface area contributed by atoms with Gasteiger partial charge in [0.05, 0.1) is 6.42 Å². The first-order valence-electron chi connectivity index (χ1n) is 11.6. The number of rotatable bonds is 8. The molecule has 1 fully saturated rings. The zero-order valence-electron chi connectivity index (χ0n) is 19.0. The molecule has 3 aromatic rings. The van der Waals surface area contributed by atoms with Gasteiger partial charge in [-0.2, -0.15) is 13.2 Å². The van der Waals surface area contributed by atoms with Crippen LogP contribution < -0.4 is 5.32 Å². The standard InChI is InChI=1S/C26H29F3N4O/c27-26(28,29)17-20-4-6-24(7-5-20)33-16-9-21(19-33)18-32-14-10-22(11-15-32)25(34)31-13-8-23-3-1-2-12-30-23/h1-7,9,12,16,19,22H,8,10-11,13-15,17-18H2,(H,31,34). The van der Waals surface area contributed by atoms with Gasteiger partial charge in [-0.1, -0.05) is 18.2 Å². The first-order valence-corrected chi connectivity index (χ1v) is 11.6. The highest BCUT2D eigenvalue weighted by Crippen LogP contribution is 2.23. The molecule has 1 aliphatic heterocycles. The minimum absolute atomic E-state index is 0.0415. The third-order valence-electron chi connectivity index (χ3n) is 6.16. The fourth-order valence-electron chi connectivity index (χ4n) is 4.33. The van der Waals surface area contributed by atoms with E-state index in [0.29, 0.717) is 6.54 Å². The monoisotopic (exact) mass is 470 g/mol. The predicted octanol–water partition coefficient (Wildman–Crippen LogP) is 4.55. The molecule has 1 amide bonds. The molecule has 0 spiro atoms. The van der Waals surface area contributed by atoms with E-state index in [1.165, 1.54) is 12.1 Å². The van der Waals surface area contributed by atoms with E-state index in [-0.39, 0.29) is 17.4 Å². The summed E-state index contributed by atoms with van der Waals surface area (Å²) in [5.41, 5.74) is 3.20. The molecule has 0 unspecified atom stereocenters. The van der Waals surface area contributed by atoms with Crippen molar-refractivity contribution < 1.29 is 18.0 Å². The second-order valence-electron chi connectivity index (χ2n) is 8.80. The molecule has 1 aliphatic rings. The van der Waals surface area contributed by atoms with E-state index in [1.54, 1.807) is 18.3 Å². The fraction of sp³-hybridized carbons (Fsp3) is 0.385. The number of aromatic nitrogens is 2. The molecule has 0 saturated carbocycles. The van der Waals surface area contributed by atoms with Gasteiger partial charge < -0.3 is 9.88 Å². The van der Waals surface area contributed by atoms with Crippen LogP contribution in [-0.4, -0.2) is 46.2 Å². The van der Waals surface area contributed by atoms with Gasteiger partial charge in [0.1, 0.15) is 0 Å². The minimum atomic E-state index is -4.20. The summed E-state index contributed by atoms with van der Waals surface area (Å²) in [6, 6.07) is 14.3. The van der Waals surface area contributed by atoms with Crippen LogP contribution in [0.4, 0.5) is 13.2 Å². The van der Waals surface area contributed by atoms with Crippen LogP contribution in [0.5, 0.6) is 0 Å². The number of halogens is 3. The van der Waals surface area contributed by atoms with E-state index in [4.69, 9.17) is 0 Å². The molecule has 0 aliphatic carbocycles. The highest BCUT2D eigenvalue weighted by molar-refractivity contribution is 5.78. The summed E-state index contributed by atoms with van der Waals surface area (Å²) in [5.74, 6) is 0.162. The average Bonchev–Trinajstić information content (AvgIpc) is 3.28. The molecule has 1 saturated heterocycles. The van der Waals surface area contributed by atoms with Crippen molar-refractivity contribution in [3.63, 3.8) is 0 Å². The van der Waals surface area contributed by atoms with Gasteiger partial charge in [0, 0.05) is 55.4 Å². The van der Waals surface area contributed by atoms with E-state index in [1.807, 2.05) is 41.2 Å². The molecule has 0 radical (unpaired) electrons. The van der Waals surface area contributed by atoms with E-state index < -0.39 is 12.6 Å². The Kier molecular flexibility index (Phi) is 7.67. The highest BCUT2D eigenvalue weighted by Gasteiger charge is 2.27. The maximum absolute atomic E-state index is 12.5. The molecule has 34 heavy (non-hydrogen) atoms. The summed E-state index contributed by atoms with van der Waals surface area (Å²) in [5, 5.41) is 3.04. The van der Waals surface area contributed by atoms with Crippen LogP contribution in [0.15, 0.2) is 67.1 Å². The van der Waals surface area contributed by atoms with Crippen molar-refractivity contribution in [2.24, 2.45) is 5.92 Å². The van der Waals surface area contributed by atoms with Crippen LogP contribution >= 0.6 is 0 Å². The van der Waals surface area contributed by atoms with E-state index in [0.717, 1.165) is 55.8 Å². The van der Waals surface area contributed by atoms with Gasteiger partial charge in [-0.25, -0.2) is 0 Å². The Hall–Kier alpha value is -3.13. The normalized spacial score (nSPS) is 15.4. The maximum atomic E-state index is 12.5. The number of nitrogens with zero attached hydrogens (tertiary/aromatic N) is 3. The van der Waals surface area contributed by atoms with Gasteiger partial charge in [0.15, 0.2) is 0 Å². The lowest BCUT2D eigenvalue weighted by atomic mass is 9.95. The summed E-state index contributed by atoms with van der Waals surface area (Å²) >= 11 is 0. The summed E-state index contributed by atoms with van der Waals surface area (Å²) in [7, 11) is 0. The second kappa shape index (κ2) is 10.9. The number of amides is 1. The lowest BCUT2D eigenvalue weighted by molar-refractivity contribution is -0.127. The van der Waals surface area contributed by atoms with Gasteiger partial charge in [-0.15, -0.1) is 0 Å². The molecule has 8 heteroatoms. The Balaban J connectivity index is 1.21. The Morgan fingerprint density at radius 1 is 1.03 bits per heavy atom. The molecule has 4 rings (SSSR count). The Bertz CT molecular complexity index is 1060. The molecular weight excluding hydrogens is 441 g/mol. The number of carbonyl (C=O) groups is 1. The number of hydrogen-bond acceptors (Lipinski definition) is 3. The number of benzene rings is 1. The molecule has 5 nitrogen and oxygen atoms in total. The smallest absolute Gasteiger partial charge is 0.355 e. The van der Waals surface area contributed by atoms with Crippen LogP contribution in [0.25, 0.3) is 5.69 Å². The van der Waals surface area contributed by atoms with Crippen molar-refractivity contribution in [3.05, 3.63) is 83.9 Å². The molecule has 3 heterocycles. The SMILES string of the molecule is O=C(NCCc1ccccn1)C1CCN(Cc2ccn(-c3ccc(CC(F)(F)F)cc3)c2)CC1. The molecule has 2 aromatic heterocycles. The van der Waals surface area contributed by atoms with E-state index in [2.05, 4.69) is 15.2 Å². The largest absolute Gasteiger partial charge is 0.393 e. The van der Waals surface area contributed by atoms with Gasteiger partial charge in [0.2, 0.25) is 5.91 Å². The van der Waals surface area contributed by atoms with Crippen molar-refractivity contribution in [3.8, 4) is 5.69 Å². The van der Waals surface area contributed by atoms with Crippen molar-refractivity contribution in [2.75, 3.05) is 19.6 Å². The minimum Gasteiger partial charge on any atom is -0.355 e. The average molecular weight is 471 g/mol. The zero-order valence-corrected chi connectivity index (χ0v) is 19.0. The van der Waals surface area contributed by atoms with Gasteiger partial charge in [-0.3, -0.25) is 14.7 Å². The van der Waals surface area contributed by atoms with E-state index in [9.17, 15) is 18.0 Å².